The molecule has 0 fully saturated rings. The van der Waals surface area contributed by atoms with E-state index in [9.17, 15) is 0 Å². The van der Waals surface area contributed by atoms with Gasteiger partial charge in [0.25, 0.3) is 0 Å². The second-order valence-corrected chi connectivity index (χ2v) is 3.59. The number of thiocarbonyl (C=S) groups is 1. The Morgan fingerprint density at radius 3 is 2.50 bits per heavy atom. The van der Waals surface area contributed by atoms with Crippen molar-refractivity contribution in [1.29, 1.82) is 0 Å². The molecule has 3 heteroatoms. The molecule has 1 nitrogen and oxygen atoms in total. The zero-order valence-corrected chi connectivity index (χ0v) is 8.38. The van der Waals surface area contributed by atoms with Gasteiger partial charge in [-0.25, -0.2) is 0 Å². The fourth-order valence-electron chi connectivity index (χ4n) is 0.829. The molecule has 0 amide bonds. The molecule has 1 aromatic rings. The first-order chi connectivity index (χ1) is 5.68. The van der Waals surface area contributed by atoms with E-state index in [-0.39, 0.29) is 0 Å². The maximum absolute atomic E-state index is 5.73. The molecule has 1 aromatic carbocycles. The number of nitrogens with one attached hydrogen (secondary N) is 1. The van der Waals surface area contributed by atoms with Gasteiger partial charge in [-0.15, -0.1) is 0 Å². The molecular formula is C9H10ClNS. The van der Waals surface area contributed by atoms with Crippen molar-refractivity contribution in [2.24, 2.45) is 0 Å². The summed E-state index contributed by atoms with van der Waals surface area (Å²) in [4.78, 5) is 0.810. The standard InChI is InChI=1S/C9H10ClNS/c1-7(12)11-6-8-2-4-9(10)5-3-8/h2-5H,6H2,1H3,(H,11,12). The maximum Gasteiger partial charge on any atom is 0.0724 e. The van der Waals surface area contributed by atoms with Gasteiger partial charge in [-0.05, 0) is 24.6 Å². The highest BCUT2D eigenvalue weighted by molar-refractivity contribution is 7.80. The minimum absolute atomic E-state index is 0.762. The molecule has 1 rings (SSSR count). The van der Waals surface area contributed by atoms with Crippen LogP contribution in [0.25, 0.3) is 0 Å². The molecule has 0 bridgehead atoms. The smallest absolute Gasteiger partial charge is 0.0724 e. The Morgan fingerprint density at radius 2 is 2.00 bits per heavy atom. The Bertz CT molecular complexity index is 268. The van der Waals surface area contributed by atoms with Crippen molar-refractivity contribution in [2.75, 3.05) is 0 Å². The normalized spacial score (nSPS) is 9.50. The Kier molecular flexibility index (Phi) is 3.50. The van der Waals surface area contributed by atoms with E-state index in [2.05, 4.69) is 5.32 Å². The summed E-state index contributed by atoms with van der Waals surface area (Å²) >= 11 is 10.6. The zero-order valence-electron chi connectivity index (χ0n) is 6.80. The van der Waals surface area contributed by atoms with Crippen LogP contribution in [0.15, 0.2) is 24.3 Å². The van der Waals surface area contributed by atoms with Crippen molar-refractivity contribution < 1.29 is 0 Å². The molecule has 1 N–H and O–H groups in total. The Hall–Kier alpha value is -0.600. The van der Waals surface area contributed by atoms with Crippen LogP contribution in [-0.2, 0) is 6.54 Å². The van der Waals surface area contributed by atoms with Gasteiger partial charge in [0.1, 0.15) is 0 Å². The van der Waals surface area contributed by atoms with E-state index in [0.29, 0.717) is 0 Å². The minimum atomic E-state index is 0.762. The fourth-order valence-corrected chi connectivity index (χ4v) is 1.03. The third kappa shape index (κ3) is 3.20. The van der Waals surface area contributed by atoms with Crippen molar-refractivity contribution in [1.82, 2.24) is 5.32 Å². The van der Waals surface area contributed by atoms with Crippen LogP contribution < -0.4 is 5.32 Å². The van der Waals surface area contributed by atoms with E-state index >= 15 is 0 Å². The molecule has 0 heterocycles. The number of halogens is 1. The van der Waals surface area contributed by atoms with E-state index in [1.165, 1.54) is 5.56 Å². The summed E-state index contributed by atoms with van der Waals surface area (Å²) in [5, 5.41) is 3.83. The third-order valence-electron chi connectivity index (χ3n) is 1.45. The van der Waals surface area contributed by atoms with Crippen LogP contribution >= 0.6 is 23.8 Å². The molecule has 0 atom stereocenters. The summed E-state index contributed by atoms with van der Waals surface area (Å²) in [5.41, 5.74) is 1.18. The molecule has 0 saturated heterocycles. The number of benzene rings is 1. The molecule has 0 unspecified atom stereocenters. The molecule has 0 spiro atoms. The lowest BCUT2D eigenvalue weighted by Gasteiger charge is -2.03. The van der Waals surface area contributed by atoms with Crippen LogP contribution in [0.1, 0.15) is 12.5 Å². The van der Waals surface area contributed by atoms with Gasteiger partial charge in [0.05, 0.1) is 4.99 Å². The predicted octanol–water partition coefficient (Wildman–Crippen LogP) is 2.78. The molecular weight excluding hydrogens is 190 g/mol. The van der Waals surface area contributed by atoms with Crippen molar-refractivity contribution in [2.45, 2.75) is 13.5 Å². The quantitative estimate of drug-likeness (QED) is 0.736. The predicted molar refractivity (Wildman–Crippen MR) is 56.6 cm³/mol. The van der Waals surface area contributed by atoms with E-state index in [1.807, 2.05) is 31.2 Å². The first-order valence-corrected chi connectivity index (χ1v) is 4.46. The largest absolute Gasteiger partial charge is 0.376 e. The van der Waals surface area contributed by atoms with Gasteiger partial charge in [0.2, 0.25) is 0 Å². The topological polar surface area (TPSA) is 12.0 Å². The van der Waals surface area contributed by atoms with Gasteiger partial charge in [-0.3, -0.25) is 0 Å². The monoisotopic (exact) mass is 199 g/mol. The molecule has 0 aliphatic carbocycles. The Labute approximate surface area is 82.7 Å². The van der Waals surface area contributed by atoms with Gasteiger partial charge in [-0.2, -0.15) is 0 Å². The van der Waals surface area contributed by atoms with E-state index in [4.69, 9.17) is 23.8 Å². The molecule has 0 radical (unpaired) electrons. The number of rotatable bonds is 2. The molecule has 64 valence electrons. The average Bonchev–Trinajstić information content (AvgIpc) is 2.03. The highest BCUT2D eigenvalue weighted by atomic mass is 35.5. The van der Waals surface area contributed by atoms with Gasteiger partial charge >= 0.3 is 0 Å². The summed E-state index contributed by atoms with van der Waals surface area (Å²) in [6.45, 7) is 2.64. The maximum atomic E-state index is 5.73. The summed E-state index contributed by atoms with van der Waals surface area (Å²) < 4.78 is 0. The highest BCUT2D eigenvalue weighted by Gasteiger charge is 1.91. The molecule has 0 aliphatic rings. The zero-order chi connectivity index (χ0) is 8.97. The highest BCUT2D eigenvalue weighted by Crippen LogP contribution is 2.08. The number of hydrogen-bond acceptors (Lipinski definition) is 1. The summed E-state index contributed by atoms with van der Waals surface area (Å²) in [7, 11) is 0. The molecule has 12 heavy (non-hydrogen) atoms. The Balaban J connectivity index is 2.53. The second-order valence-electron chi connectivity index (χ2n) is 2.54. The van der Waals surface area contributed by atoms with Crippen LogP contribution in [0, 0.1) is 0 Å². The van der Waals surface area contributed by atoms with Gasteiger partial charge in [0, 0.05) is 11.6 Å². The van der Waals surface area contributed by atoms with E-state index < -0.39 is 0 Å². The summed E-state index contributed by atoms with van der Waals surface area (Å²) in [5.74, 6) is 0. The average molecular weight is 200 g/mol. The van der Waals surface area contributed by atoms with Gasteiger partial charge in [0.15, 0.2) is 0 Å². The van der Waals surface area contributed by atoms with Crippen molar-refractivity contribution in [3.05, 3.63) is 34.9 Å². The fraction of sp³-hybridized carbons (Fsp3) is 0.222. The lowest BCUT2D eigenvalue weighted by molar-refractivity contribution is 0.924. The first kappa shape index (κ1) is 9.49. The summed E-state index contributed by atoms with van der Waals surface area (Å²) in [6.07, 6.45) is 0. The molecule has 0 aromatic heterocycles. The summed E-state index contributed by atoms with van der Waals surface area (Å²) in [6, 6.07) is 7.70. The lowest BCUT2D eigenvalue weighted by atomic mass is 10.2. The third-order valence-corrected chi connectivity index (χ3v) is 1.85. The van der Waals surface area contributed by atoms with Crippen LogP contribution in [0.2, 0.25) is 5.02 Å². The van der Waals surface area contributed by atoms with E-state index in [1.54, 1.807) is 0 Å². The van der Waals surface area contributed by atoms with Crippen LogP contribution in [0.4, 0.5) is 0 Å². The van der Waals surface area contributed by atoms with Crippen molar-refractivity contribution in [3.8, 4) is 0 Å². The van der Waals surface area contributed by atoms with Gasteiger partial charge in [-0.1, -0.05) is 36.0 Å². The van der Waals surface area contributed by atoms with Crippen molar-refractivity contribution >= 4 is 28.8 Å². The van der Waals surface area contributed by atoms with Gasteiger partial charge < -0.3 is 5.32 Å². The molecule has 0 aliphatic heterocycles. The van der Waals surface area contributed by atoms with Crippen LogP contribution in [0.5, 0.6) is 0 Å². The SMILES string of the molecule is CC(=S)NCc1ccc(Cl)cc1. The lowest BCUT2D eigenvalue weighted by Crippen LogP contribution is -2.16. The first-order valence-electron chi connectivity index (χ1n) is 3.67. The molecule has 0 saturated carbocycles. The second kappa shape index (κ2) is 4.43. The van der Waals surface area contributed by atoms with Crippen LogP contribution in [0.3, 0.4) is 0 Å². The van der Waals surface area contributed by atoms with Crippen molar-refractivity contribution in [3.63, 3.8) is 0 Å². The van der Waals surface area contributed by atoms with E-state index in [0.717, 1.165) is 16.6 Å². The Morgan fingerprint density at radius 1 is 1.42 bits per heavy atom. The number of hydrogen-bond donors (Lipinski definition) is 1. The van der Waals surface area contributed by atoms with Crippen LogP contribution in [-0.4, -0.2) is 4.99 Å². The minimum Gasteiger partial charge on any atom is -0.376 e.